The maximum absolute atomic E-state index is 11.9. The van der Waals surface area contributed by atoms with Crippen molar-refractivity contribution in [2.75, 3.05) is 11.9 Å². The number of H-pyrrole nitrogens is 1. The largest absolute Gasteiger partial charge is 0.443 e. The summed E-state index contributed by atoms with van der Waals surface area (Å²) in [6.07, 6.45) is 3.12. The Morgan fingerprint density at radius 2 is 2.17 bits per heavy atom. The molecule has 0 aliphatic carbocycles. The molecule has 5 heteroatoms. The quantitative estimate of drug-likeness (QED) is 0.842. The molecule has 0 fully saturated rings. The molecule has 0 radical (unpaired) electrons. The number of hydrogen-bond donors (Lipinski definition) is 1. The van der Waals surface area contributed by atoms with Gasteiger partial charge in [0, 0.05) is 18.6 Å². The topological polar surface area (TPSA) is 58.2 Å². The Bertz CT molecular complexity index is 569. The Kier molecular flexibility index (Phi) is 2.98. The number of carbonyl (C=O) groups excluding carboxylic acids is 1. The molecular weight excluding hydrogens is 230 g/mol. The highest BCUT2D eigenvalue weighted by atomic mass is 16.6. The second kappa shape index (κ2) is 4.33. The Balaban J connectivity index is 2.22. The maximum atomic E-state index is 11.9. The Hall–Kier alpha value is -2.04. The zero-order valence-electron chi connectivity index (χ0n) is 11.0. The number of nitrogens with zero attached hydrogens (tertiary/aromatic N) is 2. The van der Waals surface area contributed by atoms with Crippen LogP contribution in [0.5, 0.6) is 0 Å². The van der Waals surface area contributed by atoms with Crippen LogP contribution in [0.2, 0.25) is 0 Å². The maximum Gasteiger partial charge on any atom is 0.415 e. The highest BCUT2D eigenvalue weighted by Gasteiger charge is 2.21. The summed E-state index contributed by atoms with van der Waals surface area (Å²) in [6.45, 7) is 5.50. The molecule has 2 aromatic rings. The third-order valence-electron chi connectivity index (χ3n) is 2.43. The fraction of sp³-hybridized carbons (Fsp3) is 0.385. The van der Waals surface area contributed by atoms with E-state index in [4.69, 9.17) is 4.74 Å². The van der Waals surface area contributed by atoms with E-state index in [0.717, 1.165) is 10.9 Å². The lowest BCUT2D eigenvalue weighted by molar-refractivity contribution is 0.0588. The predicted molar refractivity (Wildman–Crippen MR) is 70.7 cm³/mol. The SMILES string of the molecule is CN(C(=O)OC(C)(C)C)c1cc2cc[nH]c2cn1. The molecule has 2 rings (SSSR count). The van der Waals surface area contributed by atoms with E-state index in [1.807, 2.05) is 39.1 Å². The van der Waals surface area contributed by atoms with Gasteiger partial charge in [-0.3, -0.25) is 4.90 Å². The van der Waals surface area contributed by atoms with E-state index in [9.17, 15) is 4.79 Å². The summed E-state index contributed by atoms with van der Waals surface area (Å²) in [5, 5.41) is 1.01. The molecule has 0 bridgehead atoms. The van der Waals surface area contributed by atoms with Gasteiger partial charge in [0.15, 0.2) is 0 Å². The van der Waals surface area contributed by atoms with Gasteiger partial charge in [-0.05, 0) is 32.9 Å². The van der Waals surface area contributed by atoms with Crippen molar-refractivity contribution in [3.63, 3.8) is 0 Å². The van der Waals surface area contributed by atoms with Gasteiger partial charge < -0.3 is 9.72 Å². The molecule has 0 aliphatic rings. The molecule has 0 saturated carbocycles. The van der Waals surface area contributed by atoms with Crippen LogP contribution in [-0.2, 0) is 4.74 Å². The number of ether oxygens (including phenoxy) is 1. The number of amides is 1. The molecule has 0 unspecified atom stereocenters. The molecule has 0 aromatic carbocycles. The lowest BCUT2D eigenvalue weighted by atomic mass is 10.2. The molecular formula is C13H17N3O2. The lowest BCUT2D eigenvalue weighted by Crippen LogP contribution is -2.34. The molecule has 96 valence electrons. The molecule has 0 spiro atoms. The summed E-state index contributed by atoms with van der Waals surface area (Å²) in [6, 6.07) is 3.78. The molecule has 2 aromatic heterocycles. The fourth-order valence-electron chi connectivity index (χ4n) is 1.55. The molecule has 2 heterocycles. The van der Waals surface area contributed by atoms with E-state index in [-0.39, 0.29) is 0 Å². The van der Waals surface area contributed by atoms with Gasteiger partial charge >= 0.3 is 6.09 Å². The second-order valence-corrected chi connectivity index (χ2v) is 5.15. The zero-order valence-corrected chi connectivity index (χ0v) is 11.0. The minimum atomic E-state index is -0.510. The molecule has 0 aliphatic heterocycles. The number of anilines is 1. The molecule has 1 N–H and O–H groups in total. The Morgan fingerprint density at radius 1 is 1.44 bits per heavy atom. The third-order valence-corrected chi connectivity index (χ3v) is 2.43. The number of nitrogens with one attached hydrogen (secondary N) is 1. The first-order valence-electron chi connectivity index (χ1n) is 5.77. The van der Waals surface area contributed by atoms with Crippen LogP contribution >= 0.6 is 0 Å². The van der Waals surface area contributed by atoms with Crippen molar-refractivity contribution in [3.05, 3.63) is 24.5 Å². The van der Waals surface area contributed by atoms with Crippen LogP contribution in [-0.4, -0.2) is 28.7 Å². The highest BCUT2D eigenvalue weighted by Crippen LogP contribution is 2.19. The van der Waals surface area contributed by atoms with Crippen LogP contribution in [0.4, 0.5) is 10.6 Å². The summed E-state index contributed by atoms with van der Waals surface area (Å²) in [5.74, 6) is 0.566. The zero-order chi connectivity index (χ0) is 13.3. The van der Waals surface area contributed by atoms with Crippen molar-refractivity contribution in [2.24, 2.45) is 0 Å². The van der Waals surface area contributed by atoms with Crippen LogP contribution in [0, 0.1) is 0 Å². The predicted octanol–water partition coefficient (Wildman–Crippen LogP) is 2.93. The lowest BCUT2D eigenvalue weighted by Gasteiger charge is -2.24. The van der Waals surface area contributed by atoms with Gasteiger partial charge in [-0.2, -0.15) is 0 Å². The third kappa shape index (κ3) is 2.61. The van der Waals surface area contributed by atoms with Crippen molar-refractivity contribution in [3.8, 4) is 0 Å². The van der Waals surface area contributed by atoms with Crippen LogP contribution in [0.25, 0.3) is 10.9 Å². The molecule has 18 heavy (non-hydrogen) atoms. The molecule has 0 saturated heterocycles. The minimum Gasteiger partial charge on any atom is -0.443 e. The molecule has 1 amide bonds. The normalized spacial score (nSPS) is 11.6. The second-order valence-electron chi connectivity index (χ2n) is 5.15. The van der Waals surface area contributed by atoms with E-state index in [0.29, 0.717) is 5.82 Å². The number of aromatic amines is 1. The first-order valence-corrected chi connectivity index (χ1v) is 5.77. The van der Waals surface area contributed by atoms with E-state index >= 15 is 0 Å². The van der Waals surface area contributed by atoms with Gasteiger partial charge in [0.2, 0.25) is 0 Å². The van der Waals surface area contributed by atoms with Gasteiger partial charge in [-0.15, -0.1) is 0 Å². The average molecular weight is 247 g/mol. The Labute approximate surface area is 106 Å². The van der Waals surface area contributed by atoms with Crippen LogP contribution in [0.1, 0.15) is 20.8 Å². The summed E-state index contributed by atoms with van der Waals surface area (Å²) in [4.78, 5) is 20.6. The van der Waals surface area contributed by atoms with Crippen LogP contribution in [0.3, 0.4) is 0 Å². The van der Waals surface area contributed by atoms with Crippen molar-refractivity contribution in [2.45, 2.75) is 26.4 Å². The van der Waals surface area contributed by atoms with Gasteiger partial charge in [-0.25, -0.2) is 9.78 Å². The highest BCUT2D eigenvalue weighted by molar-refractivity contribution is 5.89. The van der Waals surface area contributed by atoms with Crippen molar-refractivity contribution < 1.29 is 9.53 Å². The van der Waals surface area contributed by atoms with Gasteiger partial charge in [0.1, 0.15) is 11.4 Å². The van der Waals surface area contributed by atoms with E-state index in [1.165, 1.54) is 4.90 Å². The van der Waals surface area contributed by atoms with Gasteiger partial charge in [0.25, 0.3) is 0 Å². The number of aromatic nitrogens is 2. The number of rotatable bonds is 1. The standard InChI is InChI=1S/C13H17N3O2/c1-13(2,3)18-12(17)16(4)11-7-9-5-6-14-10(9)8-15-11/h5-8,14H,1-4H3. The number of fused-ring (bicyclic) bond motifs is 1. The van der Waals surface area contributed by atoms with Crippen LogP contribution < -0.4 is 4.90 Å². The first kappa shape index (κ1) is 12.4. The van der Waals surface area contributed by atoms with E-state index < -0.39 is 11.7 Å². The molecule has 0 atom stereocenters. The van der Waals surface area contributed by atoms with Crippen molar-refractivity contribution in [1.82, 2.24) is 9.97 Å². The summed E-state index contributed by atoms with van der Waals surface area (Å²) in [5.41, 5.74) is 0.431. The molecule has 5 nitrogen and oxygen atoms in total. The van der Waals surface area contributed by atoms with Crippen LogP contribution in [0.15, 0.2) is 24.5 Å². The smallest absolute Gasteiger partial charge is 0.415 e. The summed E-state index contributed by atoms with van der Waals surface area (Å²) >= 11 is 0. The summed E-state index contributed by atoms with van der Waals surface area (Å²) < 4.78 is 5.29. The summed E-state index contributed by atoms with van der Waals surface area (Å²) in [7, 11) is 1.65. The monoisotopic (exact) mass is 247 g/mol. The van der Waals surface area contributed by atoms with Crippen molar-refractivity contribution >= 4 is 22.8 Å². The van der Waals surface area contributed by atoms with E-state index in [2.05, 4.69) is 9.97 Å². The Morgan fingerprint density at radius 3 is 2.83 bits per heavy atom. The minimum absolute atomic E-state index is 0.412. The van der Waals surface area contributed by atoms with Gasteiger partial charge in [0.05, 0.1) is 11.7 Å². The fourth-order valence-corrected chi connectivity index (χ4v) is 1.55. The van der Waals surface area contributed by atoms with E-state index in [1.54, 1.807) is 13.2 Å². The average Bonchev–Trinajstić information content (AvgIpc) is 2.72. The number of pyridine rings is 1. The first-order chi connectivity index (χ1) is 8.37. The number of hydrogen-bond acceptors (Lipinski definition) is 3. The van der Waals surface area contributed by atoms with Gasteiger partial charge in [-0.1, -0.05) is 0 Å². The van der Waals surface area contributed by atoms with Crippen molar-refractivity contribution in [1.29, 1.82) is 0 Å². The number of carbonyl (C=O) groups is 1.